The lowest BCUT2D eigenvalue weighted by atomic mass is 9.78. The maximum absolute atomic E-state index is 12.6. The average molecular weight is 321 g/mol. The number of sulfonamides is 1. The predicted octanol–water partition coefficient (Wildman–Crippen LogP) is 2.76. The van der Waals surface area contributed by atoms with Crippen LogP contribution in [0.25, 0.3) is 0 Å². The summed E-state index contributed by atoms with van der Waals surface area (Å²) in [6.45, 7) is 5.36. The maximum atomic E-state index is 12.6. The van der Waals surface area contributed by atoms with E-state index in [2.05, 4.69) is 16.8 Å². The van der Waals surface area contributed by atoms with Crippen molar-refractivity contribution in [2.45, 2.75) is 56.9 Å². The molecule has 1 aliphatic carbocycles. The van der Waals surface area contributed by atoms with Gasteiger partial charge in [0.2, 0.25) is 10.0 Å². The lowest BCUT2D eigenvalue weighted by Crippen LogP contribution is -2.52. The van der Waals surface area contributed by atoms with E-state index in [9.17, 15) is 8.42 Å². The van der Waals surface area contributed by atoms with E-state index in [1.807, 2.05) is 0 Å². The van der Waals surface area contributed by atoms with Gasteiger partial charge in [0.05, 0.1) is 0 Å². The van der Waals surface area contributed by atoms with Crippen LogP contribution < -0.4 is 4.72 Å². The van der Waals surface area contributed by atoms with E-state index in [1.54, 1.807) is 13.8 Å². The van der Waals surface area contributed by atoms with Crippen molar-refractivity contribution in [3.8, 4) is 0 Å². The molecule has 7 heteroatoms. The molecular formula is C13H21ClN2O3S. The summed E-state index contributed by atoms with van der Waals surface area (Å²) in [5, 5.41) is 3.71. The zero-order valence-electron chi connectivity index (χ0n) is 12.1. The fourth-order valence-electron chi connectivity index (χ4n) is 3.10. The summed E-state index contributed by atoms with van der Waals surface area (Å²) in [5.41, 5.74) is -0.183. The molecule has 114 valence electrons. The SMILES string of the molecule is Cc1noc(C)c1S(=O)(=O)NC1(CCl)CCCC(C)C1. The van der Waals surface area contributed by atoms with E-state index in [-0.39, 0.29) is 10.8 Å². The quantitative estimate of drug-likeness (QED) is 0.866. The van der Waals surface area contributed by atoms with Crippen LogP contribution in [0.4, 0.5) is 0 Å². The van der Waals surface area contributed by atoms with E-state index in [0.717, 1.165) is 25.7 Å². The van der Waals surface area contributed by atoms with Crippen LogP contribution in [0.2, 0.25) is 0 Å². The first kappa shape index (κ1) is 15.8. The van der Waals surface area contributed by atoms with Crippen LogP contribution in [0.15, 0.2) is 9.42 Å². The van der Waals surface area contributed by atoms with Gasteiger partial charge in [-0.3, -0.25) is 0 Å². The Labute approximate surface area is 125 Å². The molecular weight excluding hydrogens is 300 g/mol. The number of rotatable bonds is 4. The smallest absolute Gasteiger partial charge is 0.246 e. The van der Waals surface area contributed by atoms with Crippen LogP contribution in [-0.4, -0.2) is 25.0 Å². The fraction of sp³-hybridized carbons (Fsp3) is 0.769. The van der Waals surface area contributed by atoms with Gasteiger partial charge in [0.1, 0.15) is 10.6 Å². The molecule has 0 saturated heterocycles. The van der Waals surface area contributed by atoms with E-state index >= 15 is 0 Å². The standard InChI is InChI=1S/C13H21ClN2O3S/c1-9-5-4-6-13(7-9,8-14)16-20(17,18)12-10(2)15-19-11(12)3/h9,16H,4-8H2,1-3H3. The van der Waals surface area contributed by atoms with Crippen molar-refractivity contribution in [2.75, 3.05) is 5.88 Å². The number of nitrogens with one attached hydrogen (secondary N) is 1. The second-order valence-corrected chi connectivity index (χ2v) is 7.76. The fourth-order valence-corrected chi connectivity index (χ4v) is 5.26. The topological polar surface area (TPSA) is 72.2 Å². The first-order valence-electron chi connectivity index (χ1n) is 6.82. The number of halogens is 1. The van der Waals surface area contributed by atoms with Gasteiger partial charge in [0, 0.05) is 11.4 Å². The summed E-state index contributed by atoms with van der Waals surface area (Å²) in [6, 6.07) is 0. The lowest BCUT2D eigenvalue weighted by Gasteiger charge is -2.38. The lowest BCUT2D eigenvalue weighted by molar-refractivity contribution is 0.239. The number of aromatic nitrogens is 1. The second-order valence-electron chi connectivity index (χ2n) is 5.87. The summed E-state index contributed by atoms with van der Waals surface area (Å²) in [6.07, 6.45) is 3.63. The molecule has 1 saturated carbocycles. The van der Waals surface area contributed by atoms with Gasteiger partial charge < -0.3 is 4.52 Å². The van der Waals surface area contributed by atoms with E-state index < -0.39 is 15.6 Å². The molecule has 0 amide bonds. The molecule has 1 aromatic rings. The molecule has 1 fully saturated rings. The molecule has 1 heterocycles. The third kappa shape index (κ3) is 3.02. The van der Waals surface area contributed by atoms with Crippen molar-refractivity contribution >= 4 is 21.6 Å². The third-order valence-electron chi connectivity index (χ3n) is 3.93. The number of alkyl halides is 1. The molecule has 1 aliphatic rings. The number of hydrogen-bond acceptors (Lipinski definition) is 4. The van der Waals surface area contributed by atoms with Gasteiger partial charge >= 0.3 is 0 Å². The zero-order valence-corrected chi connectivity index (χ0v) is 13.6. The highest BCUT2D eigenvalue weighted by atomic mass is 35.5. The van der Waals surface area contributed by atoms with Crippen molar-refractivity contribution in [3.63, 3.8) is 0 Å². The first-order valence-corrected chi connectivity index (χ1v) is 8.84. The van der Waals surface area contributed by atoms with Gasteiger partial charge in [0.15, 0.2) is 5.76 Å². The van der Waals surface area contributed by atoms with Crippen LogP contribution in [0, 0.1) is 19.8 Å². The highest BCUT2D eigenvalue weighted by Crippen LogP contribution is 2.35. The molecule has 0 radical (unpaired) electrons. The van der Waals surface area contributed by atoms with Crippen LogP contribution in [0.1, 0.15) is 44.1 Å². The number of aryl methyl sites for hydroxylation is 2. The van der Waals surface area contributed by atoms with E-state index in [0.29, 0.717) is 17.4 Å². The summed E-state index contributed by atoms with van der Waals surface area (Å²) < 4.78 is 33.0. The molecule has 2 rings (SSSR count). The summed E-state index contributed by atoms with van der Waals surface area (Å²) >= 11 is 6.08. The molecule has 2 atom stereocenters. The van der Waals surface area contributed by atoms with E-state index in [4.69, 9.17) is 16.1 Å². The van der Waals surface area contributed by atoms with Gasteiger partial charge in [-0.25, -0.2) is 13.1 Å². The number of nitrogens with zero attached hydrogens (tertiary/aromatic N) is 1. The van der Waals surface area contributed by atoms with Crippen molar-refractivity contribution in [2.24, 2.45) is 5.92 Å². The first-order chi connectivity index (χ1) is 9.30. The molecule has 5 nitrogen and oxygen atoms in total. The van der Waals surface area contributed by atoms with Gasteiger partial charge in [-0.05, 0) is 32.6 Å². The predicted molar refractivity (Wildman–Crippen MR) is 77.4 cm³/mol. The zero-order chi connectivity index (χ0) is 15.0. The highest BCUT2D eigenvalue weighted by molar-refractivity contribution is 7.89. The average Bonchev–Trinajstić information content (AvgIpc) is 2.69. The second kappa shape index (κ2) is 5.66. The van der Waals surface area contributed by atoms with Gasteiger partial charge in [0.25, 0.3) is 0 Å². The van der Waals surface area contributed by atoms with Crippen LogP contribution in [0.3, 0.4) is 0 Å². The minimum Gasteiger partial charge on any atom is -0.360 e. The Hall–Kier alpha value is -0.590. The number of hydrogen-bond donors (Lipinski definition) is 1. The molecule has 0 bridgehead atoms. The van der Waals surface area contributed by atoms with Crippen molar-refractivity contribution in [3.05, 3.63) is 11.5 Å². The van der Waals surface area contributed by atoms with Crippen molar-refractivity contribution in [1.82, 2.24) is 9.88 Å². The highest BCUT2D eigenvalue weighted by Gasteiger charge is 2.39. The van der Waals surface area contributed by atoms with Crippen molar-refractivity contribution in [1.29, 1.82) is 0 Å². The van der Waals surface area contributed by atoms with Gasteiger partial charge in [-0.1, -0.05) is 24.9 Å². The normalized spacial score (nSPS) is 27.7. The van der Waals surface area contributed by atoms with Gasteiger partial charge in [-0.15, -0.1) is 11.6 Å². The summed E-state index contributed by atoms with van der Waals surface area (Å²) in [7, 11) is -3.66. The van der Waals surface area contributed by atoms with Crippen LogP contribution in [-0.2, 0) is 10.0 Å². The Morgan fingerprint density at radius 2 is 2.20 bits per heavy atom. The summed E-state index contributed by atoms with van der Waals surface area (Å²) in [4.78, 5) is 0.139. The Balaban J connectivity index is 2.31. The Morgan fingerprint density at radius 3 is 2.70 bits per heavy atom. The minimum atomic E-state index is -3.66. The monoisotopic (exact) mass is 320 g/mol. The molecule has 0 aliphatic heterocycles. The summed E-state index contributed by atoms with van der Waals surface area (Å²) in [5.74, 6) is 1.05. The Morgan fingerprint density at radius 1 is 1.50 bits per heavy atom. The van der Waals surface area contributed by atoms with Crippen LogP contribution >= 0.6 is 11.6 Å². The molecule has 1 aromatic heterocycles. The Bertz CT molecular complexity index is 565. The molecule has 0 aromatic carbocycles. The maximum Gasteiger partial charge on any atom is 0.246 e. The van der Waals surface area contributed by atoms with Gasteiger partial charge in [-0.2, -0.15) is 0 Å². The minimum absolute atomic E-state index is 0.139. The van der Waals surface area contributed by atoms with Crippen molar-refractivity contribution < 1.29 is 12.9 Å². The third-order valence-corrected chi connectivity index (χ3v) is 6.27. The Kier molecular flexibility index (Phi) is 4.47. The largest absolute Gasteiger partial charge is 0.360 e. The molecule has 2 unspecified atom stereocenters. The molecule has 20 heavy (non-hydrogen) atoms. The van der Waals surface area contributed by atoms with Crippen LogP contribution in [0.5, 0.6) is 0 Å². The molecule has 0 spiro atoms. The molecule has 1 N–H and O–H groups in total. The van der Waals surface area contributed by atoms with E-state index in [1.165, 1.54) is 0 Å².